The van der Waals surface area contributed by atoms with E-state index in [4.69, 9.17) is 21.3 Å². The molecule has 1 aromatic carbocycles. The fourth-order valence-corrected chi connectivity index (χ4v) is 3.31. The van der Waals surface area contributed by atoms with Crippen LogP contribution in [0.25, 0.3) is 0 Å². The van der Waals surface area contributed by atoms with E-state index >= 15 is 0 Å². The second kappa shape index (κ2) is 10.3. The van der Waals surface area contributed by atoms with Gasteiger partial charge in [0.25, 0.3) is 0 Å². The molecule has 0 spiro atoms. The molecule has 1 aliphatic heterocycles. The lowest BCUT2D eigenvalue weighted by molar-refractivity contribution is 0.122. The molecule has 3 rings (SSSR count). The summed E-state index contributed by atoms with van der Waals surface area (Å²) in [6.07, 6.45) is 1.84. The topological polar surface area (TPSA) is 53.0 Å². The van der Waals surface area contributed by atoms with Gasteiger partial charge in [0.2, 0.25) is 0 Å². The molecule has 0 saturated carbocycles. The van der Waals surface area contributed by atoms with E-state index in [1.165, 1.54) is 5.56 Å². The SMILES string of the molecule is CCNC(=NCc1cccnc1N1CCOCC1)N(C)Cc1ccc(Cl)cc1. The zero-order chi connectivity index (χ0) is 19.8. The number of nitrogens with zero attached hydrogens (tertiary/aromatic N) is 4. The van der Waals surface area contributed by atoms with Crippen LogP contribution < -0.4 is 10.2 Å². The number of anilines is 1. The van der Waals surface area contributed by atoms with Crippen LogP contribution in [0.1, 0.15) is 18.1 Å². The summed E-state index contributed by atoms with van der Waals surface area (Å²) in [7, 11) is 2.04. The molecule has 1 N–H and O–H groups in total. The van der Waals surface area contributed by atoms with E-state index in [2.05, 4.69) is 33.1 Å². The van der Waals surface area contributed by atoms with Crippen molar-refractivity contribution in [1.82, 2.24) is 15.2 Å². The molecule has 0 amide bonds. The Morgan fingerprint density at radius 2 is 2.00 bits per heavy atom. The maximum atomic E-state index is 5.99. The van der Waals surface area contributed by atoms with Gasteiger partial charge in [-0.05, 0) is 30.7 Å². The lowest BCUT2D eigenvalue weighted by Crippen LogP contribution is -2.39. The molecule has 0 aliphatic carbocycles. The molecule has 1 aliphatic rings. The van der Waals surface area contributed by atoms with Gasteiger partial charge in [0.15, 0.2) is 5.96 Å². The average Bonchev–Trinajstić information content (AvgIpc) is 2.73. The van der Waals surface area contributed by atoms with Gasteiger partial charge in [0.05, 0.1) is 19.8 Å². The number of morpholine rings is 1. The van der Waals surface area contributed by atoms with Crippen molar-refractivity contribution in [3.63, 3.8) is 0 Å². The number of pyridine rings is 1. The van der Waals surface area contributed by atoms with Gasteiger partial charge >= 0.3 is 0 Å². The number of hydrogen-bond acceptors (Lipinski definition) is 4. The fraction of sp³-hybridized carbons (Fsp3) is 0.429. The zero-order valence-electron chi connectivity index (χ0n) is 16.6. The van der Waals surface area contributed by atoms with Gasteiger partial charge in [-0.3, -0.25) is 0 Å². The molecule has 0 atom stereocenters. The van der Waals surface area contributed by atoms with Gasteiger partial charge in [-0.1, -0.05) is 29.8 Å². The number of benzene rings is 1. The van der Waals surface area contributed by atoms with Crippen molar-refractivity contribution in [3.05, 3.63) is 58.7 Å². The number of hydrogen-bond donors (Lipinski definition) is 1. The van der Waals surface area contributed by atoms with E-state index in [1.807, 2.05) is 43.6 Å². The Balaban J connectivity index is 1.72. The normalized spacial score (nSPS) is 14.8. The Labute approximate surface area is 172 Å². The van der Waals surface area contributed by atoms with E-state index in [0.29, 0.717) is 6.54 Å². The average molecular weight is 402 g/mol. The lowest BCUT2D eigenvalue weighted by Gasteiger charge is -2.29. The number of rotatable bonds is 6. The van der Waals surface area contributed by atoms with Crippen LogP contribution in [0, 0.1) is 0 Å². The van der Waals surface area contributed by atoms with E-state index in [0.717, 1.165) is 61.8 Å². The molecule has 0 bridgehead atoms. The summed E-state index contributed by atoms with van der Waals surface area (Å²) in [5.41, 5.74) is 2.31. The zero-order valence-corrected chi connectivity index (χ0v) is 17.3. The summed E-state index contributed by atoms with van der Waals surface area (Å²) in [5.74, 6) is 1.87. The van der Waals surface area contributed by atoms with E-state index < -0.39 is 0 Å². The molecule has 1 saturated heterocycles. The maximum absolute atomic E-state index is 5.99. The molecule has 1 fully saturated rings. The van der Waals surface area contributed by atoms with Crippen LogP contribution in [-0.4, -0.2) is 55.7 Å². The fourth-order valence-electron chi connectivity index (χ4n) is 3.18. The molecule has 2 heterocycles. The number of aromatic nitrogens is 1. The van der Waals surface area contributed by atoms with Crippen molar-refractivity contribution in [3.8, 4) is 0 Å². The first-order chi connectivity index (χ1) is 13.7. The smallest absolute Gasteiger partial charge is 0.194 e. The van der Waals surface area contributed by atoms with E-state index in [-0.39, 0.29) is 0 Å². The predicted molar refractivity (Wildman–Crippen MR) is 115 cm³/mol. The third-order valence-corrected chi connectivity index (χ3v) is 4.86. The van der Waals surface area contributed by atoms with Gasteiger partial charge in [-0.2, -0.15) is 0 Å². The standard InChI is InChI=1S/C21H28ClN5O/c1-3-23-21(26(2)16-17-6-8-19(22)9-7-17)25-15-18-5-4-10-24-20(18)27-11-13-28-14-12-27/h4-10H,3,11-16H2,1-2H3,(H,23,25). The second-order valence-electron chi connectivity index (χ2n) is 6.74. The second-order valence-corrected chi connectivity index (χ2v) is 7.17. The third-order valence-electron chi connectivity index (χ3n) is 4.61. The molecule has 2 aromatic rings. The number of guanidine groups is 1. The number of nitrogens with one attached hydrogen (secondary N) is 1. The summed E-state index contributed by atoms with van der Waals surface area (Å²) in [5, 5.41) is 4.13. The Bertz CT molecular complexity index is 775. The Morgan fingerprint density at radius 3 is 2.71 bits per heavy atom. The van der Waals surface area contributed by atoms with Crippen molar-refractivity contribution >= 4 is 23.4 Å². The first kappa shape index (κ1) is 20.4. The summed E-state index contributed by atoms with van der Waals surface area (Å²) >= 11 is 5.99. The molecule has 1 aromatic heterocycles. The molecule has 0 radical (unpaired) electrons. The van der Waals surface area contributed by atoms with Crippen LogP contribution in [0.2, 0.25) is 5.02 Å². The number of ether oxygens (including phenoxy) is 1. The highest BCUT2D eigenvalue weighted by Crippen LogP contribution is 2.19. The minimum atomic E-state index is 0.577. The van der Waals surface area contributed by atoms with Crippen LogP contribution >= 0.6 is 11.6 Å². The monoisotopic (exact) mass is 401 g/mol. The molecular formula is C21H28ClN5O. The lowest BCUT2D eigenvalue weighted by atomic mass is 10.2. The van der Waals surface area contributed by atoms with Crippen molar-refractivity contribution in [1.29, 1.82) is 0 Å². The predicted octanol–water partition coefficient (Wildman–Crippen LogP) is 3.17. The molecule has 0 unspecified atom stereocenters. The van der Waals surface area contributed by atoms with Gasteiger partial charge in [0, 0.05) is 50.0 Å². The van der Waals surface area contributed by atoms with Gasteiger partial charge in [0.1, 0.15) is 5.82 Å². The van der Waals surface area contributed by atoms with Crippen LogP contribution in [0.5, 0.6) is 0 Å². The molecule has 150 valence electrons. The minimum absolute atomic E-state index is 0.577. The summed E-state index contributed by atoms with van der Waals surface area (Å²) < 4.78 is 5.46. The number of aliphatic imine (C=N–C) groups is 1. The molecule has 28 heavy (non-hydrogen) atoms. The van der Waals surface area contributed by atoms with Crippen molar-refractivity contribution in [2.75, 3.05) is 44.8 Å². The molecule has 6 nitrogen and oxygen atoms in total. The van der Waals surface area contributed by atoms with Crippen molar-refractivity contribution < 1.29 is 4.74 Å². The van der Waals surface area contributed by atoms with E-state index in [9.17, 15) is 0 Å². The quantitative estimate of drug-likeness (QED) is 0.595. The van der Waals surface area contributed by atoms with Crippen molar-refractivity contribution in [2.24, 2.45) is 4.99 Å². The summed E-state index contributed by atoms with van der Waals surface area (Å²) in [6.45, 7) is 7.44. The van der Waals surface area contributed by atoms with E-state index in [1.54, 1.807) is 0 Å². The van der Waals surface area contributed by atoms with Crippen LogP contribution in [-0.2, 0) is 17.8 Å². The van der Waals surface area contributed by atoms with Crippen LogP contribution in [0.4, 0.5) is 5.82 Å². The maximum Gasteiger partial charge on any atom is 0.194 e. The molecular weight excluding hydrogens is 374 g/mol. The summed E-state index contributed by atoms with van der Waals surface area (Å²) in [6, 6.07) is 12.0. The van der Waals surface area contributed by atoms with Gasteiger partial charge in [-0.25, -0.2) is 9.98 Å². The number of halogens is 1. The van der Waals surface area contributed by atoms with Crippen LogP contribution in [0.3, 0.4) is 0 Å². The Hall–Kier alpha value is -2.31. The third kappa shape index (κ3) is 5.59. The Kier molecular flexibility index (Phi) is 7.51. The summed E-state index contributed by atoms with van der Waals surface area (Å²) in [4.78, 5) is 13.9. The van der Waals surface area contributed by atoms with Gasteiger partial charge in [-0.15, -0.1) is 0 Å². The largest absolute Gasteiger partial charge is 0.378 e. The van der Waals surface area contributed by atoms with Gasteiger partial charge < -0.3 is 19.9 Å². The minimum Gasteiger partial charge on any atom is -0.378 e. The van der Waals surface area contributed by atoms with Crippen LogP contribution in [0.15, 0.2) is 47.6 Å². The highest BCUT2D eigenvalue weighted by atomic mass is 35.5. The van der Waals surface area contributed by atoms with Crippen molar-refractivity contribution in [2.45, 2.75) is 20.0 Å². The Morgan fingerprint density at radius 1 is 1.25 bits per heavy atom. The highest BCUT2D eigenvalue weighted by Gasteiger charge is 2.16. The first-order valence-corrected chi connectivity index (χ1v) is 10.1. The molecule has 7 heteroatoms. The first-order valence-electron chi connectivity index (χ1n) is 9.68. The highest BCUT2D eigenvalue weighted by molar-refractivity contribution is 6.30.